The van der Waals surface area contributed by atoms with E-state index in [0.29, 0.717) is 46.9 Å². The number of ether oxygens (including phenoxy) is 1. The molecule has 3 aromatic heterocycles. The molecular formula is C29H25N3O7. The molecule has 0 aliphatic carbocycles. The van der Waals surface area contributed by atoms with Crippen LogP contribution in [-0.4, -0.2) is 31.6 Å². The van der Waals surface area contributed by atoms with E-state index in [1.54, 1.807) is 61.0 Å². The lowest BCUT2D eigenvalue weighted by Crippen LogP contribution is -2.44. The first kappa shape index (κ1) is 24.7. The number of hydrogen-bond acceptors (Lipinski definition) is 9. The van der Waals surface area contributed by atoms with Gasteiger partial charge < -0.3 is 14.4 Å². The predicted octanol–water partition coefficient (Wildman–Crippen LogP) is 3.50. The standard InChI is InChI=1S/C29H25N3O7/c1-4-17-19-11-16(38-39-27(34)18-7-6-10-30-15(18)3)8-9-23(19)31-25-20(17)13-32-24(25)12-22-21(26(32)33)14-37-28(35)29(22,36)5-2/h6-12,36H,4-5,13-14H2,1-3H3/t29-/m0/s1. The highest BCUT2D eigenvalue weighted by Gasteiger charge is 2.45. The highest BCUT2D eigenvalue weighted by Crippen LogP contribution is 2.40. The molecule has 5 heterocycles. The fourth-order valence-corrected chi connectivity index (χ4v) is 5.43. The number of cyclic esters (lactones) is 1. The first-order valence-electron chi connectivity index (χ1n) is 12.7. The molecule has 2 aliphatic heterocycles. The van der Waals surface area contributed by atoms with Crippen molar-refractivity contribution in [2.45, 2.75) is 52.4 Å². The van der Waals surface area contributed by atoms with Gasteiger partial charge in [-0.3, -0.25) is 14.7 Å². The molecule has 10 nitrogen and oxygen atoms in total. The lowest BCUT2D eigenvalue weighted by Gasteiger charge is -2.31. The fourth-order valence-electron chi connectivity index (χ4n) is 5.43. The van der Waals surface area contributed by atoms with Gasteiger partial charge >= 0.3 is 11.9 Å². The van der Waals surface area contributed by atoms with Crippen molar-refractivity contribution < 1.29 is 29.2 Å². The summed E-state index contributed by atoms with van der Waals surface area (Å²) in [5.41, 5.74) is 2.88. The summed E-state index contributed by atoms with van der Waals surface area (Å²) in [5.74, 6) is -1.09. The van der Waals surface area contributed by atoms with E-state index < -0.39 is 17.5 Å². The Bertz CT molecular complexity index is 1760. The zero-order valence-electron chi connectivity index (χ0n) is 21.6. The summed E-state index contributed by atoms with van der Waals surface area (Å²) in [4.78, 5) is 57.7. The van der Waals surface area contributed by atoms with E-state index in [1.807, 2.05) is 6.92 Å². The highest BCUT2D eigenvalue weighted by molar-refractivity contribution is 5.91. The predicted molar refractivity (Wildman–Crippen MR) is 139 cm³/mol. The normalized spacial score (nSPS) is 17.3. The number of fused-ring (bicyclic) bond motifs is 5. The molecule has 6 rings (SSSR count). The Labute approximate surface area is 222 Å². The third kappa shape index (κ3) is 3.70. The maximum absolute atomic E-state index is 13.5. The second kappa shape index (κ2) is 9.02. The van der Waals surface area contributed by atoms with Crippen molar-refractivity contribution in [1.82, 2.24) is 14.5 Å². The van der Waals surface area contributed by atoms with Gasteiger partial charge in [0, 0.05) is 22.7 Å². The Morgan fingerprint density at radius 2 is 2.00 bits per heavy atom. The van der Waals surface area contributed by atoms with Gasteiger partial charge in [0.1, 0.15) is 6.61 Å². The van der Waals surface area contributed by atoms with Crippen molar-refractivity contribution in [3.05, 3.63) is 86.5 Å². The average molecular weight is 528 g/mol. The molecule has 4 aromatic rings. The maximum Gasteiger partial charge on any atom is 0.387 e. The van der Waals surface area contributed by atoms with Crippen molar-refractivity contribution in [3.63, 3.8) is 0 Å². The van der Waals surface area contributed by atoms with Crippen molar-refractivity contribution in [2.75, 3.05) is 0 Å². The van der Waals surface area contributed by atoms with Gasteiger partial charge in [-0.05, 0) is 61.7 Å². The molecule has 2 aliphatic rings. The van der Waals surface area contributed by atoms with Gasteiger partial charge in [-0.25, -0.2) is 19.5 Å². The van der Waals surface area contributed by atoms with E-state index in [9.17, 15) is 19.5 Å². The molecule has 39 heavy (non-hydrogen) atoms. The molecular weight excluding hydrogens is 502 g/mol. The summed E-state index contributed by atoms with van der Waals surface area (Å²) in [5, 5.41) is 11.9. The minimum Gasteiger partial charge on any atom is -0.458 e. The number of aromatic nitrogens is 3. The van der Waals surface area contributed by atoms with Gasteiger partial charge in [0.25, 0.3) is 5.56 Å². The third-order valence-corrected chi connectivity index (χ3v) is 7.57. The SMILES string of the molecule is CCc1c2c(nc3ccc(OOC(=O)c4cccnc4C)cc13)-c1cc3c(c(=O)n1C2)COC(=O)[C@]3(O)CC. The van der Waals surface area contributed by atoms with Crippen molar-refractivity contribution in [3.8, 4) is 17.1 Å². The van der Waals surface area contributed by atoms with Gasteiger partial charge in [-0.2, -0.15) is 0 Å². The smallest absolute Gasteiger partial charge is 0.387 e. The number of pyridine rings is 3. The molecule has 0 unspecified atom stereocenters. The number of rotatable bonds is 5. The summed E-state index contributed by atoms with van der Waals surface area (Å²) >= 11 is 0. The number of aliphatic hydroxyl groups is 1. The van der Waals surface area contributed by atoms with Crippen molar-refractivity contribution >= 4 is 22.8 Å². The van der Waals surface area contributed by atoms with Crippen LogP contribution in [0.4, 0.5) is 0 Å². The molecule has 1 atom stereocenters. The number of nitrogens with zero attached hydrogens (tertiary/aromatic N) is 3. The fraction of sp³-hybridized carbons (Fsp3) is 0.276. The monoisotopic (exact) mass is 527 g/mol. The van der Waals surface area contributed by atoms with E-state index in [4.69, 9.17) is 19.5 Å². The van der Waals surface area contributed by atoms with Gasteiger partial charge in [0.15, 0.2) is 11.4 Å². The van der Waals surface area contributed by atoms with E-state index in [1.165, 1.54) is 0 Å². The minimum atomic E-state index is -1.88. The molecule has 0 amide bonds. The second-order valence-corrected chi connectivity index (χ2v) is 9.64. The van der Waals surface area contributed by atoms with E-state index >= 15 is 0 Å². The molecule has 1 N–H and O–H groups in total. The van der Waals surface area contributed by atoms with Crippen LogP contribution in [-0.2, 0) is 39.6 Å². The maximum atomic E-state index is 13.5. The number of benzene rings is 1. The first-order valence-corrected chi connectivity index (χ1v) is 12.7. The lowest BCUT2D eigenvalue weighted by molar-refractivity contribution is -0.172. The number of carbonyl (C=O) groups excluding carboxylic acids is 2. The molecule has 10 heteroatoms. The van der Waals surface area contributed by atoms with Crippen molar-refractivity contribution in [2.24, 2.45) is 0 Å². The highest BCUT2D eigenvalue weighted by atomic mass is 17.2. The van der Waals surface area contributed by atoms with Gasteiger partial charge in [0.05, 0.1) is 40.3 Å². The zero-order valence-corrected chi connectivity index (χ0v) is 21.6. The average Bonchev–Trinajstić information content (AvgIpc) is 3.31. The Morgan fingerprint density at radius 3 is 2.74 bits per heavy atom. The summed E-state index contributed by atoms with van der Waals surface area (Å²) in [7, 11) is 0. The van der Waals surface area contributed by atoms with Crippen LogP contribution in [0, 0.1) is 6.92 Å². The first-order chi connectivity index (χ1) is 18.8. The Balaban J connectivity index is 1.40. The van der Waals surface area contributed by atoms with Crippen LogP contribution in [0.2, 0.25) is 0 Å². The topological polar surface area (TPSA) is 130 Å². The zero-order chi connectivity index (χ0) is 27.5. The van der Waals surface area contributed by atoms with Crippen LogP contribution in [0.1, 0.15) is 58.6 Å². The van der Waals surface area contributed by atoms with Crippen LogP contribution in [0.5, 0.6) is 5.75 Å². The lowest BCUT2D eigenvalue weighted by atomic mass is 9.86. The van der Waals surface area contributed by atoms with Gasteiger partial charge in [0.2, 0.25) is 0 Å². The number of carbonyl (C=O) groups is 2. The number of aryl methyl sites for hydroxylation is 2. The Kier molecular flexibility index (Phi) is 5.72. The van der Waals surface area contributed by atoms with Crippen LogP contribution in [0.25, 0.3) is 22.3 Å². The molecule has 0 bridgehead atoms. The van der Waals surface area contributed by atoms with Gasteiger partial charge in [-0.15, -0.1) is 0 Å². The van der Waals surface area contributed by atoms with Crippen molar-refractivity contribution in [1.29, 1.82) is 0 Å². The minimum absolute atomic E-state index is 0.0770. The second-order valence-electron chi connectivity index (χ2n) is 9.64. The Morgan fingerprint density at radius 1 is 1.18 bits per heavy atom. The molecule has 0 spiro atoms. The number of hydrogen-bond donors (Lipinski definition) is 1. The van der Waals surface area contributed by atoms with Crippen LogP contribution < -0.4 is 10.4 Å². The van der Waals surface area contributed by atoms with E-state index in [0.717, 1.165) is 16.5 Å². The summed E-state index contributed by atoms with van der Waals surface area (Å²) in [6, 6.07) is 10.1. The number of esters is 1. The summed E-state index contributed by atoms with van der Waals surface area (Å²) in [6.07, 6.45) is 2.31. The van der Waals surface area contributed by atoms with Gasteiger partial charge in [-0.1, -0.05) is 13.8 Å². The molecule has 0 fully saturated rings. The Hall–Kier alpha value is -4.57. The van der Waals surface area contributed by atoms with Crippen LogP contribution in [0.3, 0.4) is 0 Å². The van der Waals surface area contributed by atoms with Crippen LogP contribution >= 0.6 is 0 Å². The molecule has 0 saturated carbocycles. The van der Waals surface area contributed by atoms with Crippen LogP contribution in [0.15, 0.2) is 47.4 Å². The molecule has 0 saturated heterocycles. The van der Waals surface area contributed by atoms with E-state index in [2.05, 4.69) is 4.98 Å². The quantitative estimate of drug-likeness (QED) is 0.207. The molecule has 1 aromatic carbocycles. The van der Waals surface area contributed by atoms with E-state index in [-0.39, 0.29) is 29.7 Å². The summed E-state index contributed by atoms with van der Waals surface area (Å²) < 4.78 is 6.76. The third-order valence-electron chi connectivity index (χ3n) is 7.57. The largest absolute Gasteiger partial charge is 0.458 e. The molecule has 198 valence electrons. The molecule has 0 radical (unpaired) electrons. The summed E-state index contributed by atoms with van der Waals surface area (Å²) in [6.45, 7) is 5.50.